The van der Waals surface area contributed by atoms with Crippen LogP contribution < -0.4 is 14.2 Å². The maximum atomic E-state index is 13.2. The predicted octanol–water partition coefficient (Wildman–Crippen LogP) is 4.18. The van der Waals surface area contributed by atoms with Crippen LogP contribution in [0.3, 0.4) is 0 Å². The molecule has 0 N–H and O–H groups in total. The first-order chi connectivity index (χ1) is 17.5. The number of esters is 1. The molecule has 3 aromatic rings. The van der Waals surface area contributed by atoms with E-state index in [1.54, 1.807) is 32.4 Å². The van der Waals surface area contributed by atoms with Crippen LogP contribution in [0.4, 0.5) is 0 Å². The molecule has 1 amide bonds. The molecule has 0 fully saturated rings. The van der Waals surface area contributed by atoms with Crippen molar-refractivity contribution >= 4 is 17.6 Å². The van der Waals surface area contributed by atoms with E-state index in [0.717, 1.165) is 22.6 Å². The standard InChI is InChI=1S/C28H28N2O6/c1-33-22-12-10-21(11-13-22)24-17-23(20-7-5-4-6-8-20)29-30(24)27(31)18-36-28(32)16-19-9-14-25(34-2)26(15-19)35-3/h4-15,24H,16-18H2,1-3H3/t24-/m1/s1. The van der Waals surface area contributed by atoms with Gasteiger partial charge in [0.15, 0.2) is 18.1 Å². The summed E-state index contributed by atoms with van der Waals surface area (Å²) in [7, 11) is 4.67. The van der Waals surface area contributed by atoms with Crippen molar-refractivity contribution in [3.8, 4) is 17.2 Å². The number of ether oxygens (including phenoxy) is 4. The van der Waals surface area contributed by atoms with Gasteiger partial charge in [0.1, 0.15) is 5.75 Å². The van der Waals surface area contributed by atoms with Crippen LogP contribution in [0.25, 0.3) is 0 Å². The first-order valence-electron chi connectivity index (χ1n) is 11.5. The fourth-order valence-corrected chi connectivity index (χ4v) is 4.05. The lowest BCUT2D eigenvalue weighted by atomic mass is 9.98. The molecule has 1 aliphatic heterocycles. The van der Waals surface area contributed by atoms with Gasteiger partial charge in [0, 0.05) is 6.42 Å². The van der Waals surface area contributed by atoms with Crippen molar-refractivity contribution in [1.82, 2.24) is 5.01 Å². The summed E-state index contributed by atoms with van der Waals surface area (Å²) < 4.78 is 21.1. The highest BCUT2D eigenvalue weighted by molar-refractivity contribution is 6.03. The number of hydrogen-bond donors (Lipinski definition) is 0. The Kier molecular flexibility index (Phi) is 7.85. The summed E-state index contributed by atoms with van der Waals surface area (Å²) in [6.07, 6.45) is 0.537. The van der Waals surface area contributed by atoms with E-state index in [-0.39, 0.29) is 12.5 Å². The molecule has 36 heavy (non-hydrogen) atoms. The molecule has 0 bridgehead atoms. The highest BCUT2D eigenvalue weighted by atomic mass is 16.5. The van der Waals surface area contributed by atoms with Gasteiger partial charge in [-0.2, -0.15) is 5.10 Å². The van der Waals surface area contributed by atoms with Crippen LogP contribution in [0.2, 0.25) is 0 Å². The quantitative estimate of drug-likeness (QED) is 0.420. The second-order valence-electron chi connectivity index (χ2n) is 8.17. The number of hydrogen-bond acceptors (Lipinski definition) is 7. The molecule has 0 radical (unpaired) electrons. The van der Waals surface area contributed by atoms with Crippen molar-refractivity contribution < 1.29 is 28.5 Å². The molecule has 1 atom stereocenters. The maximum absolute atomic E-state index is 13.2. The molecular weight excluding hydrogens is 460 g/mol. The lowest BCUT2D eigenvalue weighted by Gasteiger charge is -2.22. The highest BCUT2D eigenvalue weighted by Crippen LogP contribution is 2.33. The minimum absolute atomic E-state index is 0.00588. The van der Waals surface area contributed by atoms with Crippen LogP contribution in [0.5, 0.6) is 17.2 Å². The average Bonchev–Trinajstić information content (AvgIpc) is 3.38. The topological polar surface area (TPSA) is 86.7 Å². The first-order valence-corrected chi connectivity index (χ1v) is 11.5. The number of methoxy groups -OCH3 is 3. The highest BCUT2D eigenvalue weighted by Gasteiger charge is 2.33. The van der Waals surface area contributed by atoms with Crippen LogP contribution in [-0.2, 0) is 20.7 Å². The Hall–Kier alpha value is -4.33. The van der Waals surface area contributed by atoms with Gasteiger partial charge in [0.25, 0.3) is 5.91 Å². The van der Waals surface area contributed by atoms with Crippen LogP contribution in [0.15, 0.2) is 77.9 Å². The number of carbonyl (C=O) groups is 2. The zero-order valence-electron chi connectivity index (χ0n) is 20.5. The van der Waals surface area contributed by atoms with Gasteiger partial charge < -0.3 is 18.9 Å². The Morgan fingerprint density at radius 1 is 0.889 bits per heavy atom. The van der Waals surface area contributed by atoms with Gasteiger partial charge in [-0.15, -0.1) is 0 Å². The van der Waals surface area contributed by atoms with E-state index in [9.17, 15) is 9.59 Å². The molecule has 1 aliphatic rings. The smallest absolute Gasteiger partial charge is 0.310 e. The van der Waals surface area contributed by atoms with Crippen LogP contribution >= 0.6 is 0 Å². The van der Waals surface area contributed by atoms with Crippen LogP contribution in [0, 0.1) is 0 Å². The molecule has 8 nitrogen and oxygen atoms in total. The molecular formula is C28H28N2O6. The van der Waals surface area contributed by atoms with Gasteiger partial charge in [0.2, 0.25) is 0 Å². The van der Waals surface area contributed by atoms with E-state index in [4.69, 9.17) is 18.9 Å². The molecule has 186 valence electrons. The van der Waals surface area contributed by atoms with Gasteiger partial charge in [-0.25, -0.2) is 5.01 Å². The zero-order chi connectivity index (χ0) is 25.5. The van der Waals surface area contributed by atoms with Gasteiger partial charge in [-0.3, -0.25) is 9.59 Å². The predicted molar refractivity (Wildman–Crippen MR) is 134 cm³/mol. The number of amides is 1. The SMILES string of the molecule is COc1ccc([C@H]2CC(c3ccccc3)=NN2C(=O)COC(=O)Cc2ccc(OC)c(OC)c2)cc1. The Bertz CT molecular complexity index is 1240. The number of nitrogens with zero attached hydrogens (tertiary/aromatic N) is 2. The van der Waals surface area contributed by atoms with Crippen molar-refractivity contribution in [3.63, 3.8) is 0 Å². The summed E-state index contributed by atoms with van der Waals surface area (Å²) in [4.78, 5) is 25.6. The van der Waals surface area contributed by atoms with Gasteiger partial charge in [0.05, 0.1) is 39.5 Å². The molecule has 4 rings (SSSR count). The Balaban J connectivity index is 1.46. The first kappa shape index (κ1) is 24.8. The fraction of sp³-hybridized carbons (Fsp3) is 0.250. The Labute approximate surface area is 210 Å². The minimum atomic E-state index is -0.525. The van der Waals surface area contributed by atoms with Crippen molar-refractivity contribution in [3.05, 3.63) is 89.5 Å². The summed E-state index contributed by atoms with van der Waals surface area (Å²) >= 11 is 0. The van der Waals surface area contributed by atoms with Crippen molar-refractivity contribution in [2.75, 3.05) is 27.9 Å². The summed E-state index contributed by atoms with van der Waals surface area (Å²) in [5.41, 5.74) is 3.33. The molecule has 0 saturated heterocycles. The maximum Gasteiger partial charge on any atom is 0.310 e. The average molecular weight is 489 g/mol. The molecule has 0 saturated carbocycles. The normalized spacial score (nSPS) is 14.7. The number of hydrazone groups is 1. The fourth-order valence-electron chi connectivity index (χ4n) is 4.05. The lowest BCUT2D eigenvalue weighted by molar-refractivity contribution is -0.152. The van der Waals surface area contributed by atoms with E-state index < -0.39 is 18.5 Å². The molecule has 0 aliphatic carbocycles. The number of rotatable bonds is 9. The van der Waals surface area contributed by atoms with Gasteiger partial charge >= 0.3 is 5.97 Å². The van der Waals surface area contributed by atoms with E-state index in [1.807, 2.05) is 54.6 Å². The number of carbonyl (C=O) groups excluding carboxylic acids is 2. The second kappa shape index (κ2) is 11.4. The summed E-state index contributed by atoms with van der Waals surface area (Å²) in [6, 6.07) is 22.1. The summed E-state index contributed by atoms with van der Waals surface area (Å²) in [6.45, 7) is -0.412. The van der Waals surface area contributed by atoms with Crippen molar-refractivity contribution in [1.29, 1.82) is 0 Å². The van der Waals surface area contributed by atoms with Gasteiger partial charge in [-0.05, 0) is 41.0 Å². The molecule has 8 heteroatoms. The third kappa shape index (κ3) is 5.66. The molecule has 1 heterocycles. The second-order valence-corrected chi connectivity index (χ2v) is 8.17. The monoisotopic (exact) mass is 488 g/mol. The Morgan fingerprint density at radius 2 is 1.61 bits per heavy atom. The molecule has 3 aromatic carbocycles. The molecule has 0 unspecified atom stereocenters. The van der Waals surface area contributed by atoms with Crippen molar-refractivity contribution in [2.24, 2.45) is 5.10 Å². The van der Waals surface area contributed by atoms with E-state index in [0.29, 0.717) is 23.5 Å². The Morgan fingerprint density at radius 3 is 2.28 bits per heavy atom. The molecule has 0 aromatic heterocycles. The third-order valence-corrected chi connectivity index (χ3v) is 5.93. The zero-order valence-corrected chi connectivity index (χ0v) is 20.5. The van der Waals surface area contributed by atoms with Gasteiger partial charge in [-0.1, -0.05) is 48.5 Å². The number of benzene rings is 3. The van der Waals surface area contributed by atoms with E-state index in [1.165, 1.54) is 12.1 Å². The largest absolute Gasteiger partial charge is 0.497 e. The van der Waals surface area contributed by atoms with Crippen LogP contribution in [-0.4, -0.2) is 50.5 Å². The third-order valence-electron chi connectivity index (χ3n) is 5.93. The minimum Gasteiger partial charge on any atom is -0.497 e. The summed E-state index contributed by atoms with van der Waals surface area (Å²) in [5.74, 6) is 0.880. The van der Waals surface area contributed by atoms with Crippen molar-refractivity contribution in [2.45, 2.75) is 18.9 Å². The van der Waals surface area contributed by atoms with Crippen LogP contribution in [0.1, 0.15) is 29.2 Å². The summed E-state index contributed by atoms with van der Waals surface area (Å²) in [5, 5.41) is 6.02. The lowest BCUT2D eigenvalue weighted by Crippen LogP contribution is -2.31. The molecule has 0 spiro atoms. The van der Waals surface area contributed by atoms with E-state index >= 15 is 0 Å². The van der Waals surface area contributed by atoms with E-state index in [2.05, 4.69) is 5.10 Å².